The Balaban J connectivity index is 0.000000791. The third-order valence-corrected chi connectivity index (χ3v) is 1.68. The molecule has 0 bridgehead atoms. The van der Waals surface area contributed by atoms with E-state index in [9.17, 15) is 9.18 Å². The summed E-state index contributed by atoms with van der Waals surface area (Å²) in [5.74, 6) is -0.321. The quantitative estimate of drug-likeness (QED) is 0.722. The molecule has 0 radical (unpaired) electrons. The minimum absolute atomic E-state index is 0.306. The number of ketones is 1. The predicted molar refractivity (Wildman–Crippen MR) is 57.1 cm³/mol. The molecule has 0 unspecified atom stereocenters. The van der Waals surface area contributed by atoms with Crippen molar-refractivity contribution in [1.29, 1.82) is 0 Å². The third kappa shape index (κ3) is 5.46. The van der Waals surface area contributed by atoms with E-state index < -0.39 is 6.67 Å². The minimum Gasteiger partial charge on any atom is -0.297 e. The van der Waals surface area contributed by atoms with Crippen LogP contribution < -0.4 is 0 Å². The Hall–Kier alpha value is -1.18. The van der Waals surface area contributed by atoms with Crippen molar-refractivity contribution in [2.45, 2.75) is 26.7 Å². The van der Waals surface area contributed by atoms with Gasteiger partial charge in [0.25, 0.3) is 0 Å². The molecule has 78 valence electrons. The average molecular weight is 196 g/mol. The van der Waals surface area contributed by atoms with Crippen LogP contribution in [0, 0.1) is 0 Å². The third-order valence-electron chi connectivity index (χ3n) is 1.68. The van der Waals surface area contributed by atoms with Gasteiger partial charge in [-0.2, -0.15) is 0 Å². The Morgan fingerprint density at radius 1 is 1.21 bits per heavy atom. The van der Waals surface area contributed by atoms with Crippen molar-refractivity contribution in [3.8, 4) is 0 Å². The highest BCUT2D eigenvalue weighted by atomic mass is 19.1. The first-order valence-corrected chi connectivity index (χ1v) is 4.94. The molecular formula is C12H17FO. The van der Waals surface area contributed by atoms with Gasteiger partial charge in [0.2, 0.25) is 0 Å². The number of halogens is 1. The molecule has 0 aliphatic heterocycles. The molecule has 0 saturated heterocycles. The van der Waals surface area contributed by atoms with Gasteiger partial charge < -0.3 is 0 Å². The van der Waals surface area contributed by atoms with Crippen LogP contribution in [0.3, 0.4) is 0 Å². The van der Waals surface area contributed by atoms with E-state index in [-0.39, 0.29) is 5.78 Å². The van der Waals surface area contributed by atoms with Crippen molar-refractivity contribution >= 4 is 5.78 Å². The van der Waals surface area contributed by atoms with E-state index in [1.807, 2.05) is 44.2 Å². The zero-order valence-corrected chi connectivity index (χ0v) is 8.79. The second kappa shape index (κ2) is 8.42. The molecule has 1 rings (SSSR count). The Morgan fingerprint density at radius 2 is 1.79 bits per heavy atom. The molecule has 0 amide bonds. The van der Waals surface area contributed by atoms with E-state index in [1.165, 1.54) is 0 Å². The molecule has 0 aliphatic carbocycles. The Kier molecular flexibility index (Phi) is 7.71. The maximum Gasteiger partial charge on any atom is 0.164 e. The number of hydrogen-bond donors (Lipinski definition) is 0. The highest BCUT2D eigenvalue weighted by molar-refractivity contribution is 5.79. The predicted octanol–water partition coefficient (Wildman–Crippen LogP) is 3.18. The number of alkyl halides is 1. The summed E-state index contributed by atoms with van der Waals surface area (Å²) < 4.78 is 11.7. The zero-order valence-electron chi connectivity index (χ0n) is 8.79. The normalized spacial score (nSPS) is 8.79. The number of carbonyl (C=O) groups is 1. The van der Waals surface area contributed by atoms with Gasteiger partial charge in [-0.3, -0.25) is 4.79 Å². The monoisotopic (exact) mass is 196 g/mol. The molecule has 0 N–H and O–H groups in total. The molecule has 0 fully saturated rings. The van der Waals surface area contributed by atoms with Gasteiger partial charge in [-0.15, -0.1) is 0 Å². The van der Waals surface area contributed by atoms with Crippen molar-refractivity contribution in [3.63, 3.8) is 0 Å². The molecule has 1 nitrogen and oxygen atoms in total. The van der Waals surface area contributed by atoms with Gasteiger partial charge in [-0.1, -0.05) is 44.2 Å². The first-order valence-electron chi connectivity index (χ1n) is 4.94. The fraction of sp³-hybridized carbons (Fsp3) is 0.417. The van der Waals surface area contributed by atoms with Gasteiger partial charge in [-0.05, 0) is 12.0 Å². The summed E-state index contributed by atoms with van der Waals surface area (Å²) in [6.07, 6.45) is 0.949. The van der Waals surface area contributed by atoms with E-state index in [1.54, 1.807) is 0 Å². The van der Waals surface area contributed by atoms with E-state index in [2.05, 4.69) is 0 Å². The first-order chi connectivity index (χ1) is 6.83. The summed E-state index contributed by atoms with van der Waals surface area (Å²) in [4.78, 5) is 10.6. The molecule has 1 aromatic rings. The van der Waals surface area contributed by atoms with Gasteiger partial charge in [-0.25, -0.2) is 4.39 Å². The summed E-state index contributed by atoms with van der Waals surface area (Å²) in [6, 6.07) is 9.61. The molecule has 0 heterocycles. The van der Waals surface area contributed by atoms with Gasteiger partial charge in [0.05, 0.1) is 0 Å². The average Bonchev–Trinajstić information content (AvgIpc) is 2.30. The van der Waals surface area contributed by atoms with Gasteiger partial charge in [0.15, 0.2) is 5.78 Å². The number of hydrogen-bond acceptors (Lipinski definition) is 1. The van der Waals surface area contributed by atoms with Crippen molar-refractivity contribution in [2.75, 3.05) is 6.67 Å². The lowest BCUT2D eigenvalue weighted by atomic mass is 10.1. The number of benzene rings is 1. The Labute approximate surface area is 85.0 Å². The summed E-state index contributed by atoms with van der Waals surface area (Å²) in [5, 5.41) is 0. The smallest absolute Gasteiger partial charge is 0.164 e. The second-order valence-electron chi connectivity index (χ2n) is 2.66. The molecule has 0 aromatic heterocycles. The van der Waals surface area contributed by atoms with Gasteiger partial charge in [0.1, 0.15) is 6.67 Å². The van der Waals surface area contributed by atoms with Crippen LogP contribution in [0.1, 0.15) is 25.8 Å². The lowest BCUT2D eigenvalue weighted by Gasteiger charge is -1.97. The van der Waals surface area contributed by atoms with Crippen molar-refractivity contribution < 1.29 is 9.18 Å². The van der Waals surface area contributed by atoms with Gasteiger partial charge in [0, 0.05) is 6.42 Å². The SMILES string of the molecule is CC.O=C(CF)CCc1ccccc1. The maximum atomic E-state index is 11.7. The van der Waals surface area contributed by atoms with Crippen LogP contribution >= 0.6 is 0 Å². The standard InChI is InChI=1S/C10H11FO.C2H6/c11-8-10(12)7-6-9-4-2-1-3-5-9;1-2/h1-5H,6-8H2;1-2H3. The van der Waals surface area contributed by atoms with Crippen LogP contribution in [-0.4, -0.2) is 12.5 Å². The van der Waals surface area contributed by atoms with Crippen LogP contribution in [0.5, 0.6) is 0 Å². The van der Waals surface area contributed by atoms with Crippen molar-refractivity contribution in [1.82, 2.24) is 0 Å². The van der Waals surface area contributed by atoms with Crippen LogP contribution in [0.15, 0.2) is 30.3 Å². The largest absolute Gasteiger partial charge is 0.297 e. The molecule has 14 heavy (non-hydrogen) atoms. The lowest BCUT2D eigenvalue weighted by Crippen LogP contribution is -2.01. The van der Waals surface area contributed by atoms with Crippen LogP contribution in [-0.2, 0) is 11.2 Å². The van der Waals surface area contributed by atoms with E-state index >= 15 is 0 Å². The molecule has 0 spiro atoms. The summed E-state index contributed by atoms with van der Waals surface area (Å²) >= 11 is 0. The Bertz CT molecular complexity index is 244. The molecule has 0 aliphatic rings. The topological polar surface area (TPSA) is 17.1 Å². The molecule has 0 atom stereocenters. The molecular weight excluding hydrogens is 179 g/mol. The number of rotatable bonds is 4. The summed E-state index contributed by atoms with van der Waals surface area (Å²) in [6.45, 7) is 3.16. The van der Waals surface area contributed by atoms with E-state index in [4.69, 9.17) is 0 Å². The minimum atomic E-state index is -0.840. The summed E-state index contributed by atoms with van der Waals surface area (Å²) in [7, 11) is 0. The Morgan fingerprint density at radius 3 is 2.29 bits per heavy atom. The van der Waals surface area contributed by atoms with Crippen molar-refractivity contribution in [3.05, 3.63) is 35.9 Å². The summed E-state index contributed by atoms with van der Waals surface area (Å²) in [5.41, 5.74) is 1.08. The van der Waals surface area contributed by atoms with Crippen molar-refractivity contribution in [2.24, 2.45) is 0 Å². The second-order valence-corrected chi connectivity index (χ2v) is 2.66. The fourth-order valence-corrected chi connectivity index (χ4v) is 0.995. The van der Waals surface area contributed by atoms with Crippen LogP contribution in [0.2, 0.25) is 0 Å². The molecule has 0 saturated carbocycles. The van der Waals surface area contributed by atoms with E-state index in [0.717, 1.165) is 5.56 Å². The number of aryl methyl sites for hydroxylation is 1. The lowest BCUT2D eigenvalue weighted by molar-refractivity contribution is -0.119. The highest BCUT2D eigenvalue weighted by Gasteiger charge is 2.00. The van der Waals surface area contributed by atoms with Crippen LogP contribution in [0.4, 0.5) is 4.39 Å². The number of Topliss-reactive ketones (excluding diaryl/α,β-unsaturated/α-hetero) is 1. The first kappa shape index (κ1) is 12.8. The molecule has 2 heteroatoms. The maximum absolute atomic E-state index is 11.7. The fourth-order valence-electron chi connectivity index (χ4n) is 0.995. The molecule has 1 aromatic carbocycles. The highest BCUT2D eigenvalue weighted by Crippen LogP contribution is 2.02. The number of carbonyl (C=O) groups excluding carboxylic acids is 1. The van der Waals surface area contributed by atoms with Crippen LogP contribution in [0.25, 0.3) is 0 Å². The van der Waals surface area contributed by atoms with Gasteiger partial charge >= 0.3 is 0 Å². The van der Waals surface area contributed by atoms with E-state index in [0.29, 0.717) is 12.8 Å². The zero-order chi connectivity index (χ0) is 10.8.